The molecule has 284 valence electrons. The first-order valence-corrected chi connectivity index (χ1v) is 18.5. The van der Waals surface area contributed by atoms with E-state index in [0.717, 1.165) is 34.5 Å². The minimum atomic E-state index is -2.50. The van der Waals surface area contributed by atoms with E-state index in [-0.39, 0.29) is 53.6 Å². The summed E-state index contributed by atoms with van der Waals surface area (Å²) in [5.74, 6) is -2.72. The molecule has 3 N–H and O–H groups in total. The van der Waals surface area contributed by atoms with Crippen LogP contribution in [0.4, 0.5) is 5.69 Å². The van der Waals surface area contributed by atoms with E-state index in [2.05, 4.69) is 31.2 Å². The van der Waals surface area contributed by atoms with Gasteiger partial charge in [-0.05, 0) is 71.7 Å². The number of ketones is 2. The van der Waals surface area contributed by atoms with E-state index >= 15 is 0 Å². The van der Waals surface area contributed by atoms with Crippen molar-refractivity contribution in [3.05, 3.63) is 111 Å². The van der Waals surface area contributed by atoms with E-state index in [1.54, 1.807) is 0 Å². The molecule has 4 atom stereocenters. The third kappa shape index (κ3) is 6.58. The topological polar surface area (TPSA) is 138 Å². The van der Waals surface area contributed by atoms with Gasteiger partial charge in [-0.2, -0.15) is 0 Å². The van der Waals surface area contributed by atoms with Crippen LogP contribution in [0.15, 0.2) is 76.8 Å². The number of aromatic nitrogens is 1. The lowest BCUT2D eigenvalue weighted by Gasteiger charge is -2.49. The number of Topliss-reactive ketones (excluding diaryl/α,β-unsaturated/α-hetero) is 2. The van der Waals surface area contributed by atoms with Gasteiger partial charge in [-0.25, -0.2) is 0 Å². The van der Waals surface area contributed by atoms with Crippen molar-refractivity contribution in [3.8, 4) is 11.6 Å². The first-order chi connectivity index (χ1) is 25.7. The van der Waals surface area contributed by atoms with Gasteiger partial charge in [0.2, 0.25) is 11.6 Å². The Hall–Kier alpha value is -4.97. The van der Waals surface area contributed by atoms with E-state index in [1.807, 2.05) is 105 Å². The van der Waals surface area contributed by atoms with Crippen molar-refractivity contribution in [1.82, 2.24) is 15.4 Å². The van der Waals surface area contributed by atoms with Crippen LogP contribution >= 0.6 is 0 Å². The molecular weight excluding hydrogens is 684 g/mol. The highest BCUT2D eigenvalue weighted by Crippen LogP contribution is 2.57. The summed E-state index contributed by atoms with van der Waals surface area (Å²) < 4.78 is 18.3. The second kappa shape index (κ2) is 14.4. The van der Waals surface area contributed by atoms with Gasteiger partial charge >= 0.3 is 0 Å². The van der Waals surface area contributed by atoms with E-state index in [9.17, 15) is 19.8 Å². The Morgan fingerprint density at radius 2 is 1.56 bits per heavy atom. The fraction of sp³-hybridized carbons (Fsp3) is 0.419. The maximum Gasteiger partial charge on any atom is 0.265 e. The molecule has 54 heavy (non-hydrogen) atoms. The highest BCUT2D eigenvalue weighted by molar-refractivity contribution is 6.26. The number of nitrogens with one attached hydrogen (secondary N) is 1. The highest BCUT2D eigenvalue weighted by Gasteiger charge is 2.65. The van der Waals surface area contributed by atoms with Gasteiger partial charge in [0, 0.05) is 44.4 Å². The monoisotopic (exact) mass is 734 g/mol. The molecule has 3 aromatic carbocycles. The second-order valence-electron chi connectivity index (χ2n) is 16.4. The molecule has 4 aromatic rings. The van der Waals surface area contributed by atoms with Crippen molar-refractivity contribution >= 4 is 23.0 Å². The first-order valence-electron chi connectivity index (χ1n) is 18.5. The number of aliphatic hydroxyl groups is 2. The number of anilines is 1. The Morgan fingerprint density at radius 3 is 2.15 bits per heavy atom. The summed E-state index contributed by atoms with van der Waals surface area (Å²) >= 11 is 0. The lowest BCUT2D eigenvalue weighted by atomic mass is 9.57. The largest absolute Gasteiger partial charge is 0.507 e. The maximum absolute atomic E-state index is 14.9. The summed E-state index contributed by atoms with van der Waals surface area (Å²) in [6, 6.07) is 20.4. The third-order valence-corrected chi connectivity index (χ3v) is 10.8. The van der Waals surface area contributed by atoms with Crippen molar-refractivity contribution in [1.29, 1.82) is 0 Å². The minimum Gasteiger partial charge on any atom is -0.507 e. The van der Waals surface area contributed by atoms with Crippen LogP contribution in [0.5, 0.6) is 11.6 Å². The number of ether oxygens (including phenoxy) is 2. The summed E-state index contributed by atoms with van der Waals surface area (Å²) in [4.78, 5) is 33.3. The van der Waals surface area contributed by atoms with Crippen LogP contribution in [-0.2, 0) is 31.0 Å². The zero-order valence-corrected chi connectivity index (χ0v) is 32.1. The number of aliphatic hydroxyl groups excluding tert-OH is 1. The number of carbonyl (C=O) groups is 2. The molecule has 0 amide bonds. The van der Waals surface area contributed by atoms with Gasteiger partial charge in [0.15, 0.2) is 11.4 Å². The second-order valence-corrected chi connectivity index (χ2v) is 16.4. The lowest BCUT2D eigenvalue weighted by Crippen LogP contribution is -2.63. The summed E-state index contributed by atoms with van der Waals surface area (Å²) in [5.41, 5.74) is 2.51. The van der Waals surface area contributed by atoms with Crippen LogP contribution in [0.1, 0.15) is 77.2 Å². The molecule has 3 aliphatic carbocycles. The molecule has 0 saturated heterocycles. The van der Waals surface area contributed by atoms with Crippen molar-refractivity contribution in [2.45, 2.75) is 65.0 Å². The van der Waals surface area contributed by atoms with Crippen LogP contribution in [0.25, 0.3) is 5.76 Å². The smallest absolute Gasteiger partial charge is 0.265 e. The number of nitrogens with zero attached hydrogens (tertiary/aromatic N) is 3. The average Bonchev–Trinajstić information content (AvgIpc) is 3.54. The van der Waals surface area contributed by atoms with Gasteiger partial charge in [0.1, 0.15) is 30.3 Å². The first kappa shape index (κ1) is 37.3. The molecular formula is C43H50N4O7. The van der Waals surface area contributed by atoms with Gasteiger partial charge in [-0.15, -0.1) is 0 Å². The number of benzene rings is 3. The van der Waals surface area contributed by atoms with E-state index < -0.39 is 35.0 Å². The van der Waals surface area contributed by atoms with Crippen molar-refractivity contribution in [3.63, 3.8) is 0 Å². The van der Waals surface area contributed by atoms with Crippen LogP contribution in [0, 0.1) is 17.3 Å². The van der Waals surface area contributed by atoms with Crippen molar-refractivity contribution < 1.29 is 33.8 Å². The number of rotatable bonds is 11. The number of hydrogen-bond acceptors (Lipinski definition) is 11. The summed E-state index contributed by atoms with van der Waals surface area (Å²) in [7, 11) is 7.58. The van der Waals surface area contributed by atoms with Crippen molar-refractivity contribution in [2.24, 2.45) is 17.3 Å². The van der Waals surface area contributed by atoms with Gasteiger partial charge < -0.3 is 34.4 Å². The zero-order chi connectivity index (χ0) is 38.5. The van der Waals surface area contributed by atoms with Gasteiger partial charge in [-0.1, -0.05) is 81.4 Å². The summed E-state index contributed by atoms with van der Waals surface area (Å²) in [6.07, 6.45) is 0.619. The number of carbonyl (C=O) groups excluding carboxylic acids is 2. The Balaban J connectivity index is 1.33. The van der Waals surface area contributed by atoms with E-state index in [0.29, 0.717) is 24.3 Å². The zero-order valence-electron chi connectivity index (χ0n) is 32.1. The van der Waals surface area contributed by atoms with Crippen molar-refractivity contribution in [2.75, 3.05) is 39.6 Å². The number of fused-ring (bicyclic) bond motifs is 4. The Labute approximate surface area is 316 Å². The maximum atomic E-state index is 14.9. The SMILES string of the molecule is CN(C)c1c(CNCC(C)(C)C)cc(OCc2ccccc2)c2c1C[C@H]1C[C@H]3[C@H](N(C)C)c4onc(OCc5ccccc5)c4C(=O)[C@@]3(O)C(=O)C1=C2O. The predicted molar refractivity (Wildman–Crippen MR) is 206 cm³/mol. The molecule has 1 aromatic heterocycles. The van der Waals surface area contributed by atoms with Gasteiger partial charge in [-0.3, -0.25) is 14.5 Å². The lowest BCUT2D eigenvalue weighted by molar-refractivity contribution is -0.142. The normalized spacial score (nSPS) is 22.1. The average molecular weight is 735 g/mol. The number of hydrogen-bond donors (Lipinski definition) is 3. The molecule has 1 saturated carbocycles. The molecule has 0 aliphatic heterocycles. The molecule has 3 aliphatic rings. The van der Waals surface area contributed by atoms with Crippen LogP contribution in [0.3, 0.4) is 0 Å². The van der Waals surface area contributed by atoms with Crippen LogP contribution in [-0.4, -0.2) is 72.2 Å². The minimum absolute atomic E-state index is 0.0339. The molecule has 1 fully saturated rings. The quantitative estimate of drug-likeness (QED) is 0.150. The molecule has 0 radical (unpaired) electrons. The fourth-order valence-electron chi connectivity index (χ4n) is 8.47. The molecule has 11 nitrogen and oxygen atoms in total. The summed E-state index contributed by atoms with van der Waals surface area (Å²) in [6.45, 7) is 8.22. The van der Waals surface area contributed by atoms with Gasteiger partial charge in [0.05, 0.1) is 11.6 Å². The third-order valence-electron chi connectivity index (χ3n) is 10.8. The van der Waals surface area contributed by atoms with Crippen LogP contribution in [0.2, 0.25) is 0 Å². The molecule has 0 spiro atoms. The molecule has 0 unspecified atom stereocenters. The summed E-state index contributed by atoms with van der Waals surface area (Å²) in [5, 5.41) is 32.6. The van der Waals surface area contributed by atoms with Gasteiger partial charge in [0.25, 0.3) is 5.88 Å². The Bertz CT molecular complexity index is 2080. The standard InChI is InChI=1S/C43H50N4O7/c1-42(2,3)24-44-21-28-20-31(52-22-25-14-10-8-11-15-25)33-29(35(28)46(4)5)18-27-19-30-36(47(6)7)38-34(40(50)43(30,51)39(49)32(27)37(33)48)41(45-54-38)53-23-26-16-12-9-13-17-26/h8-17,20,27,30,36,44,48,51H,18-19,21-24H2,1-7H3/t27-,30-,36-,43-/m0/s1. The van der Waals surface area contributed by atoms with E-state index in [1.165, 1.54) is 0 Å². The van der Waals surface area contributed by atoms with E-state index in [4.69, 9.17) is 14.0 Å². The Kier molecular flexibility index (Phi) is 9.93. The predicted octanol–water partition coefficient (Wildman–Crippen LogP) is 6.30. The molecule has 7 rings (SSSR count). The molecule has 0 bridgehead atoms. The highest BCUT2D eigenvalue weighted by atomic mass is 16.5. The van der Waals surface area contributed by atoms with Crippen LogP contribution < -0.4 is 19.7 Å². The fourth-order valence-corrected chi connectivity index (χ4v) is 8.47. The Morgan fingerprint density at radius 1 is 0.926 bits per heavy atom. The molecule has 11 heteroatoms. The molecule has 1 heterocycles.